The summed E-state index contributed by atoms with van der Waals surface area (Å²) in [6.07, 6.45) is 20.7. The molecule has 1 fully saturated rings. The number of hydrogen-bond donors (Lipinski definition) is 3. The Labute approximate surface area is 239 Å². The van der Waals surface area contributed by atoms with Crippen LogP contribution in [0.15, 0.2) is 18.2 Å². The Hall–Kier alpha value is -2.90. The second kappa shape index (κ2) is 17.7. The minimum absolute atomic E-state index is 0.130. The van der Waals surface area contributed by atoms with Crippen molar-refractivity contribution in [1.29, 1.82) is 0 Å². The number of fused-ring (bicyclic) bond motifs is 1. The van der Waals surface area contributed by atoms with Gasteiger partial charge in [0.2, 0.25) is 11.8 Å². The molecule has 3 rings (SSSR count). The van der Waals surface area contributed by atoms with Crippen LogP contribution in [0.2, 0.25) is 0 Å². The van der Waals surface area contributed by atoms with Crippen molar-refractivity contribution < 1.29 is 24.3 Å². The number of nitrogens with zero attached hydrogens (tertiary/aromatic N) is 1. The lowest BCUT2D eigenvalue weighted by atomic mass is 10.0. The predicted octanol–water partition coefficient (Wildman–Crippen LogP) is 6.58. The molecule has 222 valence electrons. The Morgan fingerprint density at radius 1 is 0.825 bits per heavy atom. The van der Waals surface area contributed by atoms with E-state index in [1.165, 1.54) is 83.5 Å². The maximum atomic E-state index is 13.0. The monoisotopic (exact) mass is 555 g/mol. The average molecular weight is 556 g/mol. The number of aliphatic carboxylic acids is 1. The van der Waals surface area contributed by atoms with Crippen LogP contribution in [0.4, 0.5) is 5.69 Å². The van der Waals surface area contributed by atoms with Crippen molar-refractivity contribution in [2.24, 2.45) is 0 Å². The Bertz CT molecular complexity index is 979. The topological polar surface area (TPSA) is 116 Å². The van der Waals surface area contributed by atoms with Gasteiger partial charge in [-0.1, -0.05) is 96.0 Å². The smallest absolute Gasteiger partial charge is 0.303 e. The van der Waals surface area contributed by atoms with Gasteiger partial charge >= 0.3 is 5.97 Å². The van der Waals surface area contributed by atoms with Crippen molar-refractivity contribution in [3.05, 3.63) is 29.3 Å². The average Bonchev–Trinajstić information content (AvgIpc) is 3.26. The summed E-state index contributed by atoms with van der Waals surface area (Å²) < 4.78 is 0. The van der Waals surface area contributed by atoms with Crippen molar-refractivity contribution in [2.75, 3.05) is 11.9 Å². The number of anilines is 1. The second-order valence-corrected chi connectivity index (χ2v) is 11.5. The number of rotatable bonds is 21. The lowest BCUT2D eigenvalue weighted by Crippen LogP contribution is -2.52. The third-order valence-corrected chi connectivity index (χ3v) is 8.21. The zero-order chi connectivity index (χ0) is 28.6. The molecule has 0 spiro atoms. The van der Waals surface area contributed by atoms with Gasteiger partial charge < -0.3 is 15.3 Å². The molecule has 1 atom stereocenters. The van der Waals surface area contributed by atoms with E-state index in [2.05, 4.69) is 10.6 Å². The van der Waals surface area contributed by atoms with Crippen molar-refractivity contribution in [3.63, 3.8) is 0 Å². The van der Waals surface area contributed by atoms with Gasteiger partial charge in [0, 0.05) is 42.7 Å². The lowest BCUT2D eigenvalue weighted by Gasteiger charge is -2.29. The van der Waals surface area contributed by atoms with Crippen LogP contribution in [0.25, 0.3) is 0 Å². The summed E-state index contributed by atoms with van der Waals surface area (Å²) in [5, 5.41) is 14.5. The largest absolute Gasteiger partial charge is 0.481 e. The van der Waals surface area contributed by atoms with Crippen LogP contribution in [0, 0.1) is 0 Å². The number of imide groups is 1. The van der Waals surface area contributed by atoms with Gasteiger partial charge in [0.05, 0.1) is 0 Å². The summed E-state index contributed by atoms with van der Waals surface area (Å²) in [5.41, 5.74) is 2.57. The van der Waals surface area contributed by atoms with E-state index in [1.807, 2.05) is 18.2 Å². The molecule has 8 heteroatoms. The number of piperidine rings is 1. The summed E-state index contributed by atoms with van der Waals surface area (Å²) >= 11 is 0. The van der Waals surface area contributed by atoms with Crippen LogP contribution in [0.1, 0.15) is 138 Å². The Morgan fingerprint density at radius 3 is 1.93 bits per heavy atom. The summed E-state index contributed by atoms with van der Waals surface area (Å²) in [4.78, 5) is 48.8. The molecule has 0 aromatic heterocycles. The van der Waals surface area contributed by atoms with E-state index in [0.29, 0.717) is 24.9 Å². The van der Waals surface area contributed by atoms with E-state index < -0.39 is 12.0 Å². The molecule has 2 aliphatic heterocycles. The van der Waals surface area contributed by atoms with Gasteiger partial charge in [-0.05, 0) is 31.4 Å². The Kier molecular flexibility index (Phi) is 14.0. The molecule has 2 aliphatic rings. The van der Waals surface area contributed by atoms with Gasteiger partial charge in [0.15, 0.2) is 0 Å². The number of carboxylic acid groups (broad SMARTS) is 1. The fraction of sp³-hybridized carbons (Fsp3) is 0.688. The lowest BCUT2D eigenvalue weighted by molar-refractivity contribution is -0.138. The first-order chi connectivity index (χ1) is 19.5. The van der Waals surface area contributed by atoms with Crippen LogP contribution >= 0.6 is 0 Å². The van der Waals surface area contributed by atoms with Gasteiger partial charge in [-0.15, -0.1) is 0 Å². The molecule has 0 aliphatic carbocycles. The molecule has 1 saturated heterocycles. The molecule has 1 aromatic carbocycles. The maximum absolute atomic E-state index is 13.0. The standard InChI is InChI=1S/C32H49N3O5/c36-29-22-21-28(31(39)34-29)35-24-26-25(32(35)40)18-17-19-27(26)33-23-16-14-12-10-8-6-4-2-1-3-5-7-9-11-13-15-20-30(37)38/h17-19,28,33H,1-16,20-24H2,(H,37,38)(H,34,36,39). The van der Waals surface area contributed by atoms with Crippen LogP contribution < -0.4 is 10.6 Å². The highest BCUT2D eigenvalue weighted by Crippen LogP contribution is 2.32. The first kappa shape index (κ1) is 31.6. The third kappa shape index (κ3) is 10.6. The van der Waals surface area contributed by atoms with Crippen LogP contribution in [0.3, 0.4) is 0 Å². The molecule has 8 nitrogen and oxygen atoms in total. The fourth-order valence-electron chi connectivity index (χ4n) is 5.85. The van der Waals surface area contributed by atoms with E-state index in [-0.39, 0.29) is 24.1 Å². The first-order valence-electron chi connectivity index (χ1n) is 15.7. The zero-order valence-corrected chi connectivity index (χ0v) is 24.2. The van der Waals surface area contributed by atoms with E-state index in [1.54, 1.807) is 4.90 Å². The summed E-state index contributed by atoms with van der Waals surface area (Å²) in [6.45, 7) is 1.27. The summed E-state index contributed by atoms with van der Waals surface area (Å²) in [7, 11) is 0. The number of carbonyl (C=O) groups excluding carboxylic acids is 3. The third-order valence-electron chi connectivity index (χ3n) is 8.21. The summed E-state index contributed by atoms with van der Waals surface area (Å²) in [6, 6.07) is 5.14. The number of carboxylic acids is 1. The molecule has 1 unspecified atom stereocenters. The predicted molar refractivity (Wildman–Crippen MR) is 157 cm³/mol. The van der Waals surface area contributed by atoms with Gasteiger partial charge in [0.25, 0.3) is 5.91 Å². The van der Waals surface area contributed by atoms with Crippen molar-refractivity contribution in [2.45, 2.75) is 135 Å². The van der Waals surface area contributed by atoms with Gasteiger partial charge in [-0.25, -0.2) is 0 Å². The van der Waals surface area contributed by atoms with Crippen molar-refractivity contribution in [3.8, 4) is 0 Å². The van der Waals surface area contributed by atoms with Crippen LogP contribution in [0.5, 0.6) is 0 Å². The molecule has 0 saturated carbocycles. The highest BCUT2D eigenvalue weighted by atomic mass is 16.4. The van der Waals surface area contributed by atoms with Crippen molar-refractivity contribution in [1.82, 2.24) is 10.2 Å². The SMILES string of the molecule is O=C(O)CCCCCCCCCCCCCCCCCCNc1cccc2c1CN(C1CCC(=O)NC1=O)C2=O. The highest BCUT2D eigenvalue weighted by Gasteiger charge is 2.39. The molecule has 3 N–H and O–H groups in total. The number of unbranched alkanes of at least 4 members (excludes halogenated alkanes) is 15. The first-order valence-corrected chi connectivity index (χ1v) is 15.7. The van der Waals surface area contributed by atoms with Gasteiger partial charge in [-0.3, -0.25) is 24.5 Å². The number of carbonyl (C=O) groups is 4. The number of amides is 3. The number of benzene rings is 1. The number of hydrogen-bond acceptors (Lipinski definition) is 5. The summed E-state index contributed by atoms with van der Waals surface area (Å²) in [5.74, 6) is -1.45. The molecule has 2 heterocycles. The molecule has 3 amide bonds. The van der Waals surface area contributed by atoms with Crippen molar-refractivity contribution >= 4 is 29.4 Å². The zero-order valence-electron chi connectivity index (χ0n) is 24.2. The van der Waals surface area contributed by atoms with E-state index >= 15 is 0 Å². The fourth-order valence-corrected chi connectivity index (χ4v) is 5.85. The maximum Gasteiger partial charge on any atom is 0.303 e. The second-order valence-electron chi connectivity index (χ2n) is 11.5. The molecule has 1 aromatic rings. The molecule has 40 heavy (non-hydrogen) atoms. The van der Waals surface area contributed by atoms with E-state index in [9.17, 15) is 19.2 Å². The normalized spacial score (nSPS) is 16.8. The minimum atomic E-state index is -0.678. The van der Waals surface area contributed by atoms with Crippen LogP contribution in [-0.2, 0) is 20.9 Å². The molecule has 0 radical (unpaired) electrons. The highest BCUT2D eigenvalue weighted by molar-refractivity contribution is 6.06. The molecule has 0 bridgehead atoms. The van der Waals surface area contributed by atoms with E-state index in [4.69, 9.17) is 5.11 Å². The Morgan fingerprint density at radius 2 is 1.38 bits per heavy atom. The number of nitrogens with one attached hydrogen (secondary N) is 2. The molecular formula is C32H49N3O5. The Balaban J connectivity index is 1.16. The van der Waals surface area contributed by atoms with Gasteiger partial charge in [-0.2, -0.15) is 0 Å². The minimum Gasteiger partial charge on any atom is -0.481 e. The van der Waals surface area contributed by atoms with Gasteiger partial charge in [0.1, 0.15) is 6.04 Å². The van der Waals surface area contributed by atoms with Crippen LogP contribution in [-0.4, -0.2) is 46.3 Å². The molecular weight excluding hydrogens is 506 g/mol. The quantitative estimate of drug-likeness (QED) is 0.117. The van der Waals surface area contributed by atoms with E-state index in [0.717, 1.165) is 37.1 Å².